The molecule has 3 amide bonds. The summed E-state index contributed by atoms with van der Waals surface area (Å²) in [5.41, 5.74) is 1.63. The van der Waals surface area contributed by atoms with Crippen LogP contribution >= 0.6 is 0 Å². The van der Waals surface area contributed by atoms with Crippen molar-refractivity contribution in [3.63, 3.8) is 0 Å². The van der Waals surface area contributed by atoms with E-state index in [-0.39, 0.29) is 25.0 Å². The third-order valence-electron chi connectivity index (χ3n) is 4.27. The Balaban J connectivity index is 1.61. The van der Waals surface area contributed by atoms with Crippen LogP contribution in [0.25, 0.3) is 0 Å². The molecule has 2 aromatic carbocycles. The van der Waals surface area contributed by atoms with E-state index in [1.165, 1.54) is 0 Å². The number of imide groups is 1. The van der Waals surface area contributed by atoms with E-state index < -0.39 is 12.1 Å². The fourth-order valence-electron chi connectivity index (χ4n) is 2.94. The van der Waals surface area contributed by atoms with E-state index in [4.69, 9.17) is 4.74 Å². The van der Waals surface area contributed by atoms with Crippen LogP contribution in [0.15, 0.2) is 67.3 Å². The molecule has 0 radical (unpaired) electrons. The van der Waals surface area contributed by atoms with Crippen molar-refractivity contribution in [2.45, 2.75) is 19.1 Å². The number of nitrogens with zero attached hydrogens (tertiary/aromatic N) is 1. The summed E-state index contributed by atoms with van der Waals surface area (Å²) in [6.45, 7) is 3.87. The van der Waals surface area contributed by atoms with Gasteiger partial charge in [-0.05, 0) is 24.1 Å². The first-order chi connectivity index (χ1) is 13.1. The Bertz CT molecular complexity index is 828. The Kier molecular flexibility index (Phi) is 5.66. The summed E-state index contributed by atoms with van der Waals surface area (Å²) in [6, 6.07) is 15.5. The third-order valence-corrected chi connectivity index (χ3v) is 4.27. The van der Waals surface area contributed by atoms with Gasteiger partial charge < -0.3 is 10.1 Å². The highest BCUT2D eigenvalue weighted by atomic mass is 16.5. The van der Waals surface area contributed by atoms with Gasteiger partial charge >= 0.3 is 6.09 Å². The lowest BCUT2D eigenvalue weighted by Crippen LogP contribution is -2.45. The molecule has 0 saturated carbocycles. The number of alkyl carbamates (subject to hydrolysis) is 1. The Labute approximate surface area is 157 Å². The molecule has 0 spiro atoms. The van der Waals surface area contributed by atoms with Gasteiger partial charge in [-0.2, -0.15) is 0 Å². The lowest BCUT2D eigenvalue weighted by Gasteiger charge is -2.22. The van der Waals surface area contributed by atoms with Gasteiger partial charge in [-0.25, -0.2) is 4.79 Å². The maximum Gasteiger partial charge on any atom is 0.407 e. The number of fused-ring (bicyclic) bond motifs is 1. The van der Waals surface area contributed by atoms with Crippen molar-refractivity contribution in [3.8, 4) is 0 Å². The summed E-state index contributed by atoms with van der Waals surface area (Å²) < 4.78 is 5.21. The highest BCUT2D eigenvalue weighted by Crippen LogP contribution is 2.22. The van der Waals surface area contributed by atoms with Gasteiger partial charge in [0.2, 0.25) is 0 Å². The number of amides is 3. The zero-order chi connectivity index (χ0) is 19.2. The number of hydrogen-bond acceptors (Lipinski definition) is 4. The van der Waals surface area contributed by atoms with Gasteiger partial charge in [0.05, 0.1) is 17.2 Å². The van der Waals surface area contributed by atoms with Crippen molar-refractivity contribution >= 4 is 17.9 Å². The lowest BCUT2D eigenvalue weighted by molar-refractivity contribution is 0.0632. The number of benzene rings is 2. The van der Waals surface area contributed by atoms with E-state index in [1.807, 2.05) is 30.3 Å². The van der Waals surface area contributed by atoms with Gasteiger partial charge in [0.15, 0.2) is 0 Å². The fourth-order valence-corrected chi connectivity index (χ4v) is 2.94. The summed E-state index contributed by atoms with van der Waals surface area (Å²) in [7, 11) is 0. The number of carbonyl (C=O) groups excluding carboxylic acids is 3. The molecule has 1 aliphatic rings. The van der Waals surface area contributed by atoms with Crippen molar-refractivity contribution in [3.05, 3.63) is 83.9 Å². The van der Waals surface area contributed by atoms with Crippen molar-refractivity contribution in [1.82, 2.24) is 10.2 Å². The quantitative estimate of drug-likeness (QED) is 0.605. The molecule has 138 valence electrons. The monoisotopic (exact) mass is 364 g/mol. The zero-order valence-electron chi connectivity index (χ0n) is 14.8. The molecule has 6 nitrogen and oxygen atoms in total. The molecule has 0 fully saturated rings. The second-order valence-electron chi connectivity index (χ2n) is 6.19. The molecule has 0 aromatic heterocycles. The standard InChI is InChI=1S/C21H20N2O4/c1-2-8-16(22-21(26)27-14-15-9-4-3-5-10-15)13-23-19(24)17-11-6-7-12-18(17)20(23)25/h2-7,9-12,16H,1,8,13-14H2,(H,22,26). The van der Waals surface area contributed by atoms with Gasteiger partial charge in [0, 0.05) is 6.54 Å². The average Bonchev–Trinajstić information content (AvgIpc) is 2.93. The zero-order valence-corrected chi connectivity index (χ0v) is 14.8. The van der Waals surface area contributed by atoms with E-state index >= 15 is 0 Å². The molecule has 0 saturated heterocycles. The molecule has 1 unspecified atom stereocenters. The van der Waals surface area contributed by atoms with E-state index in [0.29, 0.717) is 17.5 Å². The van der Waals surface area contributed by atoms with Gasteiger partial charge in [-0.15, -0.1) is 6.58 Å². The minimum atomic E-state index is -0.609. The predicted octanol–water partition coefficient (Wildman–Crippen LogP) is 3.15. The van der Waals surface area contributed by atoms with Crippen LogP contribution in [-0.4, -0.2) is 35.4 Å². The summed E-state index contributed by atoms with van der Waals surface area (Å²) in [5, 5.41) is 2.70. The Hall–Kier alpha value is -3.41. The molecule has 1 N–H and O–H groups in total. The fraction of sp³-hybridized carbons (Fsp3) is 0.190. The van der Waals surface area contributed by atoms with Crippen LogP contribution in [-0.2, 0) is 11.3 Å². The molecule has 6 heteroatoms. The van der Waals surface area contributed by atoms with E-state index in [0.717, 1.165) is 10.5 Å². The van der Waals surface area contributed by atoms with E-state index in [1.54, 1.807) is 30.3 Å². The van der Waals surface area contributed by atoms with E-state index in [9.17, 15) is 14.4 Å². The van der Waals surface area contributed by atoms with Gasteiger partial charge in [-0.3, -0.25) is 14.5 Å². The maximum absolute atomic E-state index is 12.5. The van der Waals surface area contributed by atoms with Crippen molar-refractivity contribution in [2.75, 3.05) is 6.54 Å². The van der Waals surface area contributed by atoms with Crippen LogP contribution in [0, 0.1) is 0 Å². The minimum Gasteiger partial charge on any atom is -0.445 e. The first-order valence-electron chi connectivity index (χ1n) is 8.63. The number of rotatable bonds is 7. The molecule has 0 aliphatic carbocycles. The van der Waals surface area contributed by atoms with Crippen molar-refractivity contribution in [1.29, 1.82) is 0 Å². The summed E-state index contributed by atoms with van der Waals surface area (Å²) >= 11 is 0. The van der Waals surface area contributed by atoms with E-state index in [2.05, 4.69) is 11.9 Å². The molecule has 0 bridgehead atoms. The van der Waals surface area contributed by atoms with Crippen LogP contribution in [0.2, 0.25) is 0 Å². The van der Waals surface area contributed by atoms with Crippen LogP contribution in [0.5, 0.6) is 0 Å². The molecule has 27 heavy (non-hydrogen) atoms. The molecule has 3 rings (SSSR count). The molecule has 1 aliphatic heterocycles. The minimum absolute atomic E-state index is 0.0544. The van der Waals surface area contributed by atoms with Crippen LogP contribution in [0.4, 0.5) is 4.79 Å². The van der Waals surface area contributed by atoms with Crippen molar-refractivity contribution in [2.24, 2.45) is 0 Å². The average molecular weight is 364 g/mol. The highest BCUT2D eigenvalue weighted by molar-refractivity contribution is 6.21. The molecular weight excluding hydrogens is 344 g/mol. The SMILES string of the molecule is C=CCC(CN1C(=O)c2ccccc2C1=O)NC(=O)OCc1ccccc1. The van der Waals surface area contributed by atoms with Gasteiger partial charge in [-0.1, -0.05) is 48.5 Å². The second-order valence-corrected chi connectivity index (χ2v) is 6.19. The number of hydrogen-bond donors (Lipinski definition) is 1. The van der Waals surface area contributed by atoms with Crippen LogP contribution in [0.1, 0.15) is 32.7 Å². The van der Waals surface area contributed by atoms with Gasteiger partial charge in [0.25, 0.3) is 11.8 Å². The normalized spacial score (nSPS) is 13.9. The topological polar surface area (TPSA) is 75.7 Å². The number of ether oxygens (including phenoxy) is 1. The highest BCUT2D eigenvalue weighted by Gasteiger charge is 2.36. The molecule has 1 heterocycles. The second kappa shape index (κ2) is 8.31. The first-order valence-corrected chi connectivity index (χ1v) is 8.63. The molecule has 1 atom stereocenters. The molecule has 2 aromatic rings. The summed E-state index contributed by atoms with van der Waals surface area (Å²) in [6.07, 6.45) is 1.41. The smallest absolute Gasteiger partial charge is 0.407 e. The number of carbonyl (C=O) groups is 3. The number of nitrogens with one attached hydrogen (secondary N) is 1. The Morgan fingerprint density at radius 1 is 1.04 bits per heavy atom. The summed E-state index contributed by atoms with van der Waals surface area (Å²) in [4.78, 5) is 38.2. The maximum atomic E-state index is 12.5. The third kappa shape index (κ3) is 4.23. The van der Waals surface area contributed by atoms with Crippen LogP contribution in [0.3, 0.4) is 0 Å². The molecular formula is C21H20N2O4. The van der Waals surface area contributed by atoms with Gasteiger partial charge in [0.1, 0.15) is 6.61 Å². The largest absolute Gasteiger partial charge is 0.445 e. The first kappa shape index (κ1) is 18.4. The van der Waals surface area contributed by atoms with Crippen LogP contribution < -0.4 is 5.32 Å². The van der Waals surface area contributed by atoms with Crippen molar-refractivity contribution < 1.29 is 19.1 Å². The lowest BCUT2D eigenvalue weighted by atomic mass is 10.1. The predicted molar refractivity (Wildman–Crippen MR) is 100 cm³/mol. The Morgan fingerprint density at radius 3 is 2.22 bits per heavy atom. The summed E-state index contributed by atoms with van der Waals surface area (Å²) in [5.74, 6) is -0.715. The Morgan fingerprint density at radius 2 is 1.63 bits per heavy atom.